The van der Waals surface area contributed by atoms with Crippen molar-refractivity contribution in [3.8, 4) is 5.75 Å². The summed E-state index contributed by atoms with van der Waals surface area (Å²) in [4.78, 5) is 0. The van der Waals surface area contributed by atoms with Gasteiger partial charge in [0, 0.05) is 6.61 Å². The maximum absolute atomic E-state index is 10.2. The molecule has 2 N–H and O–H groups in total. The number of rotatable bonds is 23. The van der Waals surface area contributed by atoms with Gasteiger partial charge in [-0.2, -0.15) is 0 Å². The van der Waals surface area contributed by atoms with Crippen LogP contribution >= 0.6 is 0 Å². The standard InChI is InChI=1S/C29H52O4/c1-3-4-5-6-7-8-9-10-11-12-13-14-15-16-17-18-28(30)29(31)23-24-33-25-26-19-21-27(32-2)22-20-26/h19-22,28-31H,3-18,23-25H2,1-2H3/t28-,29-/m0/s1. The van der Waals surface area contributed by atoms with E-state index in [-0.39, 0.29) is 0 Å². The maximum Gasteiger partial charge on any atom is 0.118 e. The molecule has 1 rings (SSSR count). The molecule has 0 unspecified atom stereocenters. The highest BCUT2D eigenvalue weighted by Crippen LogP contribution is 2.16. The van der Waals surface area contributed by atoms with Crippen LogP contribution in [-0.2, 0) is 11.3 Å². The van der Waals surface area contributed by atoms with Gasteiger partial charge in [0.1, 0.15) is 5.75 Å². The van der Waals surface area contributed by atoms with Crippen LogP contribution in [0.15, 0.2) is 24.3 Å². The summed E-state index contributed by atoms with van der Waals surface area (Å²) in [6.07, 6.45) is 19.8. The molecule has 0 aliphatic heterocycles. The van der Waals surface area contributed by atoms with Gasteiger partial charge in [0.2, 0.25) is 0 Å². The summed E-state index contributed by atoms with van der Waals surface area (Å²) in [5.74, 6) is 0.830. The molecule has 192 valence electrons. The van der Waals surface area contributed by atoms with Crippen LogP contribution in [0.3, 0.4) is 0 Å². The maximum atomic E-state index is 10.2. The molecule has 0 bridgehead atoms. The van der Waals surface area contributed by atoms with Crippen molar-refractivity contribution in [2.24, 2.45) is 0 Å². The second-order valence-electron chi connectivity index (χ2n) is 9.56. The van der Waals surface area contributed by atoms with Crippen LogP contribution in [0.25, 0.3) is 0 Å². The molecule has 0 aliphatic carbocycles. The van der Waals surface area contributed by atoms with Crippen LogP contribution in [0, 0.1) is 0 Å². The average molecular weight is 465 g/mol. The Labute approximate surface area is 204 Å². The molecule has 0 saturated carbocycles. The minimum Gasteiger partial charge on any atom is -0.497 e. The van der Waals surface area contributed by atoms with Gasteiger partial charge in [0.25, 0.3) is 0 Å². The lowest BCUT2D eigenvalue weighted by Gasteiger charge is -2.17. The summed E-state index contributed by atoms with van der Waals surface area (Å²) in [5, 5.41) is 20.3. The number of aliphatic hydroxyl groups excluding tert-OH is 2. The quantitative estimate of drug-likeness (QED) is 0.164. The van der Waals surface area contributed by atoms with E-state index in [1.165, 1.54) is 83.5 Å². The highest BCUT2D eigenvalue weighted by Gasteiger charge is 2.15. The summed E-state index contributed by atoms with van der Waals surface area (Å²) in [6.45, 7) is 3.23. The lowest BCUT2D eigenvalue weighted by atomic mass is 10.0. The lowest BCUT2D eigenvalue weighted by molar-refractivity contribution is -0.0113. The third kappa shape index (κ3) is 17.1. The van der Waals surface area contributed by atoms with Crippen LogP contribution < -0.4 is 4.74 Å². The average Bonchev–Trinajstić information content (AvgIpc) is 2.84. The molecule has 0 heterocycles. The highest BCUT2D eigenvalue weighted by molar-refractivity contribution is 5.26. The fourth-order valence-corrected chi connectivity index (χ4v) is 4.23. The van der Waals surface area contributed by atoms with E-state index < -0.39 is 12.2 Å². The van der Waals surface area contributed by atoms with Gasteiger partial charge in [-0.1, -0.05) is 115 Å². The topological polar surface area (TPSA) is 58.9 Å². The van der Waals surface area contributed by atoms with Crippen molar-refractivity contribution in [3.05, 3.63) is 29.8 Å². The van der Waals surface area contributed by atoms with Crippen LogP contribution in [0.1, 0.15) is 122 Å². The van der Waals surface area contributed by atoms with E-state index in [0.29, 0.717) is 26.1 Å². The molecule has 2 atom stereocenters. The minimum atomic E-state index is -0.701. The molecule has 4 nitrogen and oxygen atoms in total. The molecule has 0 radical (unpaired) electrons. The molecular formula is C29H52O4. The van der Waals surface area contributed by atoms with E-state index >= 15 is 0 Å². The lowest BCUT2D eigenvalue weighted by Crippen LogP contribution is -2.27. The summed E-state index contributed by atoms with van der Waals surface area (Å²) < 4.78 is 10.8. The Kier molecular flexibility index (Phi) is 19.4. The summed E-state index contributed by atoms with van der Waals surface area (Å²) in [5.41, 5.74) is 1.07. The third-order valence-corrected chi connectivity index (χ3v) is 6.53. The van der Waals surface area contributed by atoms with Crippen molar-refractivity contribution in [1.29, 1.82) is 0 Å². The monoisotopic (exact) mass is 464 g/mol. The molecule has 0 aromatic heterocycles. The fourth-order valence-electron chi connectivity index (χ4n) is 4.23. The molecule has 0 spiro atoms. The highest BCUT2D eigenvalue weighted by atomic mass is 16.5. The normalized spacial score (nSPS) is 13.2. The minimum absolute atomic E-state index is 0.448. The Morgan fingerprint density at radius 3 is 1.58 bits per heavy atom. The largest absolute Gasteiger partial charge is 0.497 e. The summed E-state index contributed by atoms with van der Waals surface area (Å²) in [6, 6.07) is 7.77. The molecule has 4 heteroatoms. The van der Waals surface area contributed by atoms with Crippen LogP contribution in [0.4, 0.5) is 0 Å². The molecule has 1 aromatic carbocycles. The first kappa shape index (κ1) is 29.9. The number of hydrogen-bond donors (Lipinski definition) is 2. The van der Waals surface area contributed by atoms with E-state index in [4.69, 9.17) is 9.47 Å². The van der Waals surface area contributed by atoms with Gasteiger partial charge < -0.3 is 19.7 Å². The van der Waals surface area contributed by atoms with Crippen molar-refractivity contribution in [3.63, 3.8) is 0 Å². The number of benzene rings is 1. The van der Waals surface area contributed by atoms with Gasteiger partial charge in [0.15, 0.2) is 0 Å². The van der Waals surface area contributed by atoms with Crippen LogP contribution in [0.5, 0.6) is 5.75 Å². The third-order valence-electron chi connectivity index (χ3n) is 6.53. The molecule has 0 amide bonds. The zero-order valence-electron chi connectivity index (χ0n) is 21.6. The number of aliphatic hydroxyl groups is 2. The van der Waals surface area contributed by atoms with E-state index in [2.05, 4.69) is 6.92 Å². The van der Waals surface area contributed by atoms with E-state index in [9.17, 15) is 10.2 Å². The molecule has 0 saturated heterocycles. The first-order valence-corrected chi connectivity index (χ1v) is 13.7. The van der Waals surface area contributed by atoms with Gasteiger partial charge in [-0.25, -0.2) is 0 Å². The number of methoxy groups -OCH3 is 1. The number of unbranched alkanes of at least 4 members (excludes halogenated alkanes) is 14. The molecule has 1 aromatic rings. The molecule has 0 aliphatic rings. The Hall–Kier alpha value is -1.10. The predicted molar refractivity (Wildman–Crippen MR) is 139 cm³/mol. The smallest absolute Gasteiger partial charge is 0.118 e. The summed E-state index contributed by atoms with van der Waals surface area (Å²) in [7, 11) is 1.65. The number of ether oxygens (including phenoxy) is 2. The SMILES string of the molecule is CCCCCCCCCCCCCCCCC[C@H](O)[C@@H](O)CCOCc1ccc(OC)cc1. The molecule has 33 heavy (non-hydrogen) atoms. The number of hydrogen-bond acceptors (Lipinski definition) is 4. The fraction of sp³-hybridized carbons (Fsp3) is 0.793. The van der Waals surface area contributed by atoms with Gasteiger partial charge >= 0.3 is 0 Å². The first-order chi connectivity index (χ1) is 16.2. The van der Waals surface area contributed by atoms with Crippen molar-refractivity contribution in [2.45, 2.75) is 135 Å². The van der Waals surface area contributed by atoms with Crippen LogP contribution in [-0.4, -0.2) is 36.1 Å². The Bertz CT molecular complexity index is 531. The first-order valence-electron chi connectivity index (χ1n) is 13.7. The molecule has 0 fully saturated rings. The van der Waals surface area contributed by atoms with E-state index in [0.717, 1.165) is 24.2 Å². The zero-order chi connectivity index (χ0) is 24.0. The van der Waals surface area contributed by atoms with Gasteiger partial charge in [0.05, 0.1) is 25.9 Å². The Morgan fingerprint density at radius 2 is 1.09 bits per heavy atom. The van der Waals surface area contributed by atoms with Gasteiger partial charge in [-0.15, -0.1) is 0 Å². The summed E-state index contributed by atoms with van der Waals surface area (Å²) >= 11 is 0. The Morgan fingerprint density at radius 1 is 0.636 bits per heavy atom. The van der Waals surface area contributed by atoms with Gasteiger partial charge in [-0.05, 0) is 30.5 Å². The van der Waals surface area contributed by atoms with Crippen LogP contribution in [0.2, 0.25) is 0 Å². The van der Waals surface area contributed by atoms with Crippen molar-refractivity contribution in [2.75, 3.05) is 13.7 Å². The molecular weight excluding hydrogens is 412 g/mol. The predicted octanol–water partition coefficient (Wildman–Crippen LogP) is 7.59. The second kappa shape index (κ2) is 21.4. The van der Waals surface area contributed by atoms with Gasteiger partial charge in [-0.3, -0.25) is 0 Å². The van der Waals surface area contributed by atoms with Crippen molar-refractivity contribution < 1.29 is 19.7 Å². The second-order valence-corrected chi connectivity index (χ2v) is 9.56. The van der Waals surface area contributed by atoms with E-state index in [1.807, 2.05) is 24.3 Å². The van der Waals surface area contributed by atoms with Crippen molar-refractivity contribution in [1.82, 2.24) is 0 Å². The zero-order valence-corrected chi connectivity index (χ0v) is 21.6. The van der Waals surface area contributed by atoms with Crippen molar-refractivity contribution >= 4 is 0 Å². The van der Waals surface area contributed by atoms with E-state index in [1.54, 1.807) is 7.11 Å². The Balaban J connectivity index is 1.86.